The van der Waals surface area contributed by atoms with Gasteiger partial charge in [0, 0.05) is 5.03 Å². The van der Waals surface area contributed by atoms with Gasteiger partial charge in [0.05, 0.1) is 17.9 Å². The van der Waals surface area contributed by atoms with Crippen LogP contribution in [0.5, 0.6) is 0 Å². The number of carbonyl (C=O) groups is 1. The van der Waals surface area contributed by atoms with Gasteiger partial charge in [-0.05, 0) is 12.2 Å². The van der Waals surface area contributed by atoms with Crippen LogP contribution < -0.4 is 5.73 Å². The second kappa shape index (κ2) is 3.80. The molecule has 0 fully saturated rings. The van der Waals surface area contributed by atoms with E-state index in [1.54, 1.807) is 0 Å². The third kappa shape index (κ3) is 1.73. The molecule has 5 nitrogen and oxygen atoms in total. The van der Waals surface area contributed by atoms with E-state index in [9.17, 15) is 4.79 Å². The molecule has 0 aromatic carbocycles. The molecule has 2 aliphatic rings. The fourth-order valence-corrected chi connectivity index (χ4v) is 2.98. The fraction of sp³-hybridized carbons (Fsp3) is 0.333. The molecule has 0 amide bonds. The summed E-state index contributed by atoms with van der Waals surface area (Å²) in [6, 6.07) is 0. The van der Waals surface area contributed by atoms with Gasteiger partial charge in [0.2, 0.25) is 5.23 Å². The minimum Gasteiger partial charge on any atom is -0.478 e. The zero-order chi connectivity index (χ0) is 11.9. The maximum absolute atomic E-state index is 10.9. The number of thioether (sulfide) groups is 1. The maximum Gasteiger partial charge on any atom is 0.335 e. The Hall–Kier alpha value is -0.980. The molecule has 16 heavy (non-hydrogen) atoms. The number of aliphatic carboxylic acids is 1. The van der Waals surface area contributed by atoms with E-state index < -0.39 is 11.6 Å². The average molecular weight is 261 g/mol. The van der Waals surface area contributed by atoms with Crippen LogP contribution in [0.15, 0.2) is 27.7 Å². The Morgan fingerprint density at radius 2 is 2.50 bits per heavy atom. The van der Waals surface area contributed by atoms with E-state index in [-0.39, 0.29) is 10.8 Å². The quantitative estimate of drug-likeness (QED) is 0.732. The van der Waals surface area contributed by atoms with Crippen molar-refractivity contribution in [2.24, 2.45) is 10.7 Å². The second-order valence-corrected chi connectivity index (χ2v) is 4.89. The molecule has 1 aliphatic carbocycles. The molecule has 1 aliphatic heterocycles. The Labute approximate surface area is 101 Å². The lowest BCUT2D eigenvalue weighted by molar-refractivity contribution is -0.132. The number of fused-ring (bicyclic) bond motifs is 1. The van der Waals surface area contributed by atoms with E-state index in [1.165, 1.54) is 31.0 Å². The summed E-state index contributed by atoms with van der Waals surface area (Å²) < 4.78 is 4.98. The van der Waals surface area contributed by atoms with Crippen LogP contribution in [0.25, 0.3) is 0 Å². The Morgan fingerprint density at radius 1 is 1.81 bits per heavy atom. The summed E-state index contributed by atoms with van der Waals surface area (Å²) in [5.74, 6) is -1.08. The van der Waals surface area contributed by atoms with Gasteiger partial charge in [-0.3, -0.25) is 0 Å². The summed E-state index contributed by atoms with van der Waals surface area (Å²) in [6.45, 7) is 0. The monoisotopic (exact) mass is 260 g/mol. The SMILES string of the molecule is COC1=NC2(N)C=C(C(=O)O)C=C(Cl)C2S1. The molecule has 3 N–H and O–H groups in total. The molecule has 0 spiro atoms. The van der Waals surface area contributed by atoms with Crippen LogP contribution in [-0.2, 0) is 9.53 Å². The van der Waals surface area contributed by atoms with Crippen LogP contribution in [0.1, 0.15) is 0 Å². The van der Waals surface area contributed by atoms with Crippen molar-refractivity contribution in [1.29, 1.82) is 0 Å². The molecule has 2 unspecified atom stereocenters. The highest BCUT2D eigenvalue weighted by molar-refractivity contribution is 8.14. The van der Waals surface area contributed by atoms with Crippen molar-refractivity contribution in [2.75, 3.05) is 7.11 Å². The largest absolute Gasteiger partial charge is 0.478 e. The van der Waals surface area contributed by atoms with Gasteiger partial charge in [-0.15, -0.1) is 0 Å². The Bertz CT molecular complexity index is 446. The third-order valence-electron chi connectivity index (χ3n) is 2.28. The molecule has 1 heterocycles. The smallest absolute Gasteiger partial charge is 0.335 e. The number of methoxy groups -OCH3 is 1. The maximum atomic E-state index is 10.9. The third-order valence-corrected chi connectivity index (χ3v) is 4.06. The topological polar surface area (TPSA) is 84.9 Å². The van der Waals surface area contributed by atoms with E-state index in [0.29, 0.717) is 10.3 Å². The zero-order valence-corrected chi connectivity index (χ0v) is 9.88. The first-order chi connectivity index (χ1) is 7.46. The van der Waals surface area contributed by atoms with E-state index >= 15 is 0 Å². The van der Waals surface area contributed by atoms with Crippen molar-refractivity contribution in [3.05, 3.63) is 22.8 Å². The lowest BCUT2D eigenvalue weighted by Gasteiger charge is -2.27. The van der Waals surface area contributed by atoms with Crippen LogP contribution in [-0.4, -0.2) is 34.3 Å². The Morgan fingerprint density at radius 3 is 3.06 bits per heavy atom. The number of rotatable bonds is 1. The summed E-state index contributed by atoms with van der Waals surface area (Å²) >= 11 is 7.28. The summed E-state index contributed by atoms with van der Waals surface area (Å²) in [5.41, 5.74) is 4.91. The highest BCUT2D eigenvalue weighted by Gasteiger charge is 2.45. The summed E-state index contributed by atoms with van der Waals surface area (Å²) in [4.78, 5) is 15.0. The van der Waals surface area contributed by atoms with Crippen LogP contribution in [0.4, 0.5) is 0 Å². The standard InChI is InChI=1S/C9H9ClN2O3S/c1-15-8-12-9(11)3-4(7(13)14)2-5(10)6(9)16-8/h2-3,6H,11H2,1H3,(H,13,14). The van der Waals surface area contributed by atoms with Crippen molar-refractivity contribution in [3.8, 4) is 0 Å². The fourth-order valence-electron chi connectivity index (χ4n) is 1.56. The molecule has 0 saturated heterocycles. The number of halogens is 1. The summed E-state index contributed by atoms with van der Waals surface area (Å²) in [6.07, 6.45) is 2.78. The van der Waals surface area contributed by atoms with Gasteiger partial charge in [0.15, 0.2) is 0 Å². The van der Waals surface area contributed by atoms with E-state index in [0.717, 1.165) is 0 Å². The van der Waals surface area contributed by atoms with Gasteiger partial charge >= 0.3 is 5.97 Å². The number of aliphatic imine (C=N–C) groups is 1. The molecule has 0 saturated carbocycles. The van der Waals surface area contributed by atoms with Gasteiger partial charge in [0.25, 0.3) is 0 Å². The van der Waals surface area contributed by atoms with E-state index in [2.05, 4.69) is 4.99 Å². The number of nitrogens with two attached hydrogens (primary N) is 1. The molecular weight excluding hydrogens is 252 g/mol. The lowest BCUT2D eigenvalue weighted by atomic mass is 9.97. The Kier molecular flexibility index (Phi) is 2.73. The molecule has 0 radical (unpaired) electrons. The number of hydrogen-bond acceptors (Lipinski definition) is 5. The lowest BCUT2D eigenvalue weighted by Crippen LogP contribution is -2.45. The van der Waals surface area contributed by atoms with Gasteiger partial charge in [-0.25, -0.2) is 9.79 Å². The molecule has 7 heteroatoms. The second-order valence-electron chi connectivity index (χ2n) is 3.40. The van der Waals surface area contributed by atoms with Crippen molar-refractivity contribution in [3.63, 3.8) is 0 Å². The first kappa shape index (κ1) is 11.5. The summed E-state index contributed by atoms with van der Waals surface area (Å²) in [7, 11) is 1.48. The van der Waals surface area contributed by atoms with Gasteiger partial charge in [-0.1, -0.05) is 23.4 Å². The van der Waals surface area contributed by atoms with Crippen LogP contribution in [0.3, 0.4) is 0 Å². The van der Waals surface area contributed by atoms with Crippen molar-refractivity contribution in [2.45, 2.75) is 10.9 Å². The van der Waals surface area contributed by atoms with Crippen LogP contribution in [0.2, 0.25) is 0 Å². The number of ether oxygens (including phenoxy) is 1. The highest BCUT2D eigenvalue weighted by atomic mass is 35.5. The van der Waals surface area contributed by atoms with Crippen LogP contribution >= 0.6 is 23.4 Å². The number of hydrogen-bond donors (Lipinski definition) is 2. The first-order valence-corrected chi connectivity index (χ1v) is 5.64. The molecule has 0 aromatic rings. The molecular formula is C9H9ClN2O3S. The molecule has 2 atom stereocenters. The van der Waals surface area contributed by atoms with E-state index in [1.807, 2.05) is 0 Å². The molecule has 86 valence electrons. The first-order valence-electron chi connectivity index (χ1n) is 4.39. The molecule has 0 bridgehead atoms. The normalized spacial score (nSPS) is 32.4. The average Bonchev–Trinajstić information content (AvgIpc) is 2.55. The molecule has 2 rings (SSSR count). The predicted molar refractivity (Wildman–Crippen MR) is 62.4 cm³/mol. The molecule has 0 aromatic heterocycles. The number of carboxylic acid groups (broad SMARTS) is 1. The zero-order valence-electron chi connectivity index (χ0n) is 8.31. The van der Waals surface area contributed by atoms with Gasteiger partial charge < -0.3 is 15.6 Å². The predicted octanol–water partition coefficient (Wildman–Crippen LogP) is 0.906. The van der Waals surface area contributed by atoms with Gasteiger partial charge in [-0.2, -0.15) is 0 Å². The minimum absolute atomic E-state index is 0.0467. The minimum atomic E-state index is -1.13. The van der Waals surface area contributed by atoms with Gasteiger partial charge in [0.1, 0.15) is 5.66 Å². The number of nitrogens with zero attached hydrogens (tertiary/aromatic N) is 1. The van der Waals surface area contributed by atoms with Crippen LogP contribution in [0, 0.1) is 0 Å². The highest BCUT2D eigenvalue weighted by Crippen LogP contribution is 2.42. The van der Waals surface area contributed by atoms with Crippen molar-refractivity contribution in [1.82, 2.24) is 0 Å². The van der Waals surface area contributed by atoms with E-state index in [4.69, 9.17) is 27.2 Å². The summed E-state index contributed by atoms with van der Waals surface area (Å²) in [5, 5.41) is 9.36. The van der Waals surface area contributed by atoms with Crippen molar-refractivity contribution < 1.29 is 14.6 Å². The number of carboxylic acids is 1. The van der Waals surface area contributed by atoms with Crippen molar-refractivity contribution >= 4 is 34.6 Å². The Balaban J connectivity index is 2.43.